The van der Waals surface area contributed by atoms with Crippen molar-refractivity contribution in [3.8, 4) is 0 Å². The van der Waals surface area contributed by atoms with Gasteiger partial charge >= 0.3 is 0 Å². The molecule has 2 heterocycles. The molecule has 0 spiro atoms. The molecule has 0 aliphatic heterocycles. The Bertz CT molecular complexity index is 883. The molecular weight excluding hydrogens is 300 g/mol. The van der Waals surface area contributed by atoms with Gasteiger partial charge in [0.05, 0.1) is 17.1 Å². The van der Waals surface area contributed by atoms with Crippen LogP contribution in [0.25, 0.3) is 11.0 Å². The van der Waals surface area contributed by atoms with Crippen molar-refractivity contribution in [2.45, 2.75) is 26.4 Å². The van der Waals surface area contributed by atoms with Gasteiger partial charge in [-0.1, -0.05) is 24.3 Å². The van der Waals surface area contributed by atoms with Gasteiger partial charge in [0.15, 0.2) is 0 Å². The number of imidazole rings is 1. The highest BCUT2D eigenvalue weighted by molar-refractivity contribution is 5.94. The summed E-state index contributed by atoms with van der Waals surface area (Å²) in [5, 5.41) is 3.01. The standard InChI is InChI=1S/C19H20N4O/c1-13(2)12-23-17-7-5-4-6-16(17)22-18(23)14(3)21-19(24)15-8-10-20-11-9-15/h4-11,14H,1,12H2,2-3H3,(H,21,24). The fraction of sp³-hybridized carbons (Fsp3) is 0.211. The molecule has 0 aliphatic rings. The van der Waals surface area contributed by atoms with Crippen LogP contribution in [0.4, 0.5) is 0 Å². The fourth-order valence-electron chi connectivity index (χ4n) is 2.71. The van der Waals surface area contributed by atoms with Gasteiger partial charge in [-0.2, -0.15) is 0 Å². The molecule has 1 unspecified atom stereocenters. The second-order valence-corrected chi connectivity index (χ2v) is 5.93. The van der Waals surface area contributed by atoms with Gasteiger partial charge < -0.3 is 9.88 Å². The van der Waals surface area contributed by atoms with Crippen LogP contribution in [0.2, 0.25) is 0 Å². The number of nitrogens with zero attached hydrogens (tertiary/aromatic N) is 3. The Morgan fingerprint density at radius 1 is 1.25 bits per heavy atom. The largest absolute Gasteiger partial charge is 0.342 e. The third-order valence-electron chi connectivity index (χ3n) is 3.79. The van der Waals surface area contributed by atoms with Crippen molar-refractivity contribution < 1.29 is 4.79 Å². The zero-order valence-corrected chi connectivity index (χ0v) is 13.9. The SMILES string of the molecule is C=C(C)Cn1c(C(C)NC(=O)c2ccncc2)nc2ccccc21. The molecule has 5 nitrogen and oxygen atoms in total. The van der Waals surface area contributed by atoms with E-state index in [2.05, 4.69) is 21.4 Å². The predicted octanol–water partition coefficient (Wildman–Crippen LogP) is 3.50. The van der Waals surface area contributed by atoms with Gasteiger partial charge in [-0.25, -0.2) is 4.98 Å². The van der Waals surface area contributed by atoms with E-state index in [9.17, 15) is 4.79 Å². The molecule has 0 saturated carbocycles. The van der Waals surface area contributed by atoms with E-state index in [0.717, 1.165) is 22.4 Å². The molecule has 5 heteroatoms. The Kier molecular flexibility index (Phi) is 4.42. The molecule has 2 aromatic heterocycles. The van der Waals surface area contributed by atoms with Gasteiger partial charge in [-0.3, -0.25) is 9.78 Å². The summed E-state index contributed by atoms with van der Waals surface area (Å²) in [5.41, 5.74) is 3.57. The van der Waals surface area contributed by atoms with Crippen LogP contribution in [0.15, 0.2) is 60.9 Å². The molecule has 0 aliphatic carbocycles. The summed E-state index contributed by atoms with van der Waals surface area (Å²) in [6.45, 7) is 8.60. The maximum atomic E-state index is 12.4. The minimum atomic E-state index is -0.225. The Balaban J connectivity index is 1.93. The van der Waals surface area contributed by atoms with E-state index < -0.39 is 0 Å². The van der Waals surface area contributed by atoms with Crippen LogP contribution in [0, 0.1) is 0 Å². The molecular formula is C19H20N4O. The van der Waals surface area contributed by atoms with E-state index in [1.54, 1.807) is 24.5 Å². The van der Waals surface area contributed by atoms with Crippen molar-refractivity contribution in [1.82, 2.24) is 19.9 Å². The van der Waals surface area contributed by atoms with Gasteiger partial charge in [0.25, 0.3) is 5.91 Å². The van der Waals surface area contributed by atoms with Gasteiger partial charge in [0.1, 0.15) is 5.82 Å². The number of nitrogens with one attached hydrogen (secondary N) is 1. The average Bonchev–Trinajstić information content (AvgIpc) is 2.94. The third kappa shape index (κ3) is 3.20. The first-order valence-electron chi connectivity index (χ1n) is 7.86. The number of carbonyl (C=O) groups is 1. The molecule has 0 bridgehead atoms. The Morgan fingerprint density at radius 3 is 2.67 bits per heavy atom. The highest BCUT2D eigenvalue weighted by Crippen LogP contribution is 2.22. The van der Waals surface area contributed by atoms with Crippen molar-refractivity contribution in [3.63, 3.8) is 0 Å². The Morgan fingerprint density at radius 2 is 1.96 bits per heavy atom. The molecule has 0 saturated heterocycles. The number of benzene rings is 1. The number of hydrogen-bond acceptors (Lipinski definition) is 3. The van der Waals surface area contributed by atoms with E-state index >= 15 is 0 Å². The Hall–Kier alpha value is -2.95. The summed E-state index contributed by atoms with van der Waals surface area (Å²) in [6.07, 6.45) is 3.21. The topological polar surface area (TPSA) is 59.8 Å². The van der Waals surface area contributed by atoms with Crippen molar-refractivity contribution in [2.24, 2.45) is 0 Å². The van der Waals surface area contributed by atoms with Crippen LogP contribution < -0.4 is 5.32 Å². The summed E-state index contributed by atoms with van der Waals surface area (Å²) in [7, 11) is 0. The number of allylic oxidation sites excluding steroid dienone is 1. The molecule has 122 valence electrons. The highest BCUT2D eigenvalue weighted by Gasteiger charge is 2.18. The molecule has 3 aromatic rings. The van der Waals surface area contributed by atoms with Gasteiger partial charge in [-0.05, 0) is 38.1 Å². The third-order valence-corrected chi connectivity index (χ3v) is 3.79. The first-order chi connectivity index (χ1) is 11.6. The number of hydrogen-bond donors (Lipinski definition) is 1. The summed E-state index contributed by atoms with van der Waals surface area (Å²) in [6, 6.07) is 11.1. The number of para-hydroxylation sites is 2. The van der Waals surface area contributed by atoms with Crippen LogP contribution in [-0.4, -0.2) is 20.4 Å². The van der Waals surface area contributed by atoms with Crippen molar-refractivity contribution in [1.29, 1.82) is 0 Å². The monoisotopic (exact) mass is 320 g/mol. The minimum absolute atomic E-state index is 0.140. The smallest absolute Gasteiger partial charge is 0.251 e. The molecule has 1 N–H and O–H groups in total. The first kappa shape index (κ1) is 15.9. The normalized spacial score (nSPS) is 12.1. The van der Waals surface area contributed by atoms with Gasteiger partial charge in [0, 0.05) is 24.5 Å². The molecule has 3 rings (SSSR count). The van der Waals surface area contributed by atoms with Gasteiger partial charge in [0.2, 0.25) is 0 Å². The first-order valence-corrected chi connectivity index (χ1v) is 7.86. The summed E-state index contributed by atoms with van der Waals surface area (Å²) in [5.74, 6) is 0.681. The van der Waals surface area contributed by atoms with Crippen LogP contribution in [0.3, 0.4) is 0 Å². The second-order valence-electron chi connectivity index (χ2n) is 5.93. The molecule has 0 radical (unpaired) electrons. The molecule has 24 heavy (non-hydrogen) atoms. The van der Waals surface area contributed by atoms with E-state index in [1.807, 2.05) is 38.1 Å². The number of pyridine rings is 1. The summed E-state index contributed by atoms with van der Waals surface area (Å²) < 4.78 is 2.11. The van der Waals surface area contributed by atoms with Crippen molar-refractivity contribution in [2.75, 3.05) is 0 Å². The number of carbonyl (C=O) groups excluding carboxylic acids is 1. The Labute approximate surface area is 141 Å². The van der Waals surface area contributed by atoms with Crippen molar-refractivity contribution >= 4 is 16.9 Å². The highest BCUT2D eigenvalue weighted by atomic mass is 16.1. The summed E-state index contributed by atoms with van der Waals surface area (Å²) in [4.78, 5) is 21.0. The molecule has 1 atom stereocenters. The van der Waals surface area contributed by atoms with Crippen LogP contribution in [0.5, 0.6) is 0 Å². The van der Waals surface area contributed by atoms with Crippen LogP contribution in [-0.2, 0) is 6.54 Å². The van der Waals surface area contributed by atoms with Gasteiger partial charge in [-0.15, -0.1) is 0 Å². The lowest BCUT2D eigenvalue weighted by molar-refractivity contribution is 0.0937. The zero-order chi connectivity index (χ0) is 17.1. The predicted molar refractivity (Wildman–Crippen MR) is 94.7 cm³/mol. The number of aromatic nitrogens is 3. The quantitative estimate of drug-likeness (QED) is 0.732. The number of amides is 1. The van der Waals surface area contributed by atoms with Crippen molar-refractivity contribution in [3.05, 3.63) is 72.3 Å². The van der Waals surface area contributed by atoms with Crippen LogP contribution >= 0.6 is 0 Å². The molecule has 1 aromatic carbocycles. The summed E-state index contributed by atoms with van der Waals surface area (Å²) >= 11 is 0. The van der Waals surface area contributed by atoms with E-state index in [4.69, 9.17) is 4.98 Å². The lowest BCUT2D eigenvalue weighted by Gasteiger charge is -2.16. The fourth-order valence-corrected chi connectivity index (χ4v) is 2.71. The lowest BCUT2D eigenvalue weighted by atomic mass is 10.2. The average molecular weight is 320 g/mol. The van der Waals surface area contributed by atoms with E-state index in [-0.39, 0.29) is 11.9 Å². The zero-order valence-electron chi connectivity index (χ0n) is 13.9. The molecule has 1 amide bonds. The number of fused-ring (bicyclic) bond motifs is 1. The van der Waals surface area contributed by atoms with E-state index in [0.29, 0.717) is 12.1 Å². The second kappa shape index (κ2) is 6.66. The van der Waals surface area contributed by atoms with E-state index in [1.165, 1.54) is 0 Å². The lowest BCUT2D eigenvalue weighted by Crippen LogP contribution is -2.28. The van der Waals surface area contributed by atoms with Crippen LogP contribution in [0.1, 0.15) is 36.1 Å². The maximum Gasteiger partial charge on any atom is 0.251 e. The minimum Gasteiger partial charge on any atom is -0.342 e. The number of rotatable bonds is 5. The maximum absolute atomic E-state index is 12.4. The molecule has 0 fully saturated rings.